The number of allylic oxidation sites excluding steroid dienone is 1. The zero-order valence-electron chi connectivity index (χ0n) is 18.9. The number of hydrogen-bond acceptors (Lipinski definition) is 5. The minimum absolute atomic E-state index is 0.0377. The summed E-state index contributed by atoms with van der Waals surface area (Å²) in [6.45, 7) is 1.81. The van der Waals surface area contributed by atoms with Crippen molar-refractivity contribution in [2.24, 2.45) is 5.92 Å². The Morgan fingerprint density at radius 2 is 1.71 bits per heavy atom. The minimum Gasteiger partial charge on any atom is -0.493 e. The molecule has 0 bridgehead atoms. The molecule has 0 radical (unpaired) electrons. The maximum absolute atomic E-state index is 13.0. The Morgan fingerprint density at radius 1 is 1.03 bits per heavy atom. The molecule has 1 fully saturated rings. The Kier molecular flexibility index (Phi) is 8.20. The number of methoxy groups -OCH3 is 3. The van der Waals surface area contributed by atoms with E-state index in [1.165, 1.54) is 46.2 Å². The number of hydrogen-bond donors (Lipinski definition) is 1. The molecule has 1 N–H and O–H groups in total. The summed E-state index contributed by atoms with van der Waals surface area (Å²) in [6, 6.07) is 3.34. The molecular weight excluding hydrogens is 396 g/mol. The second kappa shape index (κ2) is 11.1. The molecule has 0 saturated carbocycles. The average Bonchev–Trinajstić information content (AvgIpc) is 2.83. The first kappa shape index (κ1) is 23.0. The summed E-state index contributed by atoms with van der Waals surface area (Å²) in [5.41, 5.74) is 1.95. The van der Waals surface area contributed by atoms with Gasteiger partial charge in [0.25, 0.3) is 5.91 Å². The highest BCUT2D eigenvalue weighted by molar-refractivity contribution is 5.96. The van der Waals surface area contributed by atoms with Gasteiger partial charge < -0.3 is 24.4 Å². The van der Waals surface area contributed by atoms with Crippen molar-refractivity contribution in [2.45, 2.75) is 44.9 Å². The van der Waals surface area contributed by atoms with Gasteiger partial charge in [-0.1, -0.05) is 11.6 Å². The van der Waals surface area contributed by atoms with Crippen molar-refractivity contribution in [1.82, 2.24) is 10.2 Å². The van der Waals surface area contributed by atoms with Gasteiger partial charge in [0, 0.05) is 31.1 Å². The van der Waals surface area contributed by atoms with Gasteiger partial charge in [-0.25, -0.2) is 0 Å². The van der Waals surface area contributed by atoms with Crippen LogP contribution in [-0.4, -0.2) is 57.7 Å². The lowest BCUT2D eigenvalue weighted by molar-refractivity contribution is -0.126. The van der Waals surface area contributed by atoms with Crippen molar-refractivity contribution in [2.75, 3.05) is 41.0 Å². The molecule has 31 heavy (non-hydrogen) atoms. The number of piperidine rings is 1. The van der Waals surface area contributed by atoms with Gasteiger partial charge >= 0.3 is 0 Å². The minimum atomic E-state index is -0.0950. The van der Waals surface area contributed by atoms with Gasteiger partial charge in [0.1, 0.15) is 0 Å². The van der Waals surface area contributed by atoms with Gasteiger partial charge in [0.15, 0.2) is 11.5 Å². The summed E-state index contributed by atoms with van der Waals surface area (Å²) in [6.07, 6.45) is 9.49. The van der Waals surface area contributed by atoms with E-state index in [1.54, 1.807) is 17.0 Å². The van der Waals surface area contributed by atoms with Crippen LogP contribution in [0.2, 0.25) is 0 Å². The normalized spacial score (nSPS) is 17.0. The van der Waals surface area contributed by atoms with E-state index in [0.717, 1.165) is 12.8 Å². The lowest BCUT2D eigenvalue weighted by atomic mass is 9.94. The van der Waals surface area contributed by atoms with Crippen LogP contribution in [0.3, 0.4) is 0 Å². The van der Waals surface area contributed by atoms with E-state index in [-0.39, 0.29) is 17.7 Å². The zero-order valence-corrected chi connectivity index (χ0v) is 18.9. The molecule has 1 aromatic carbocycles. The number of benzene rings is 1. The molecule has 0 unspecified atom stereocenters. The fourth-order valence-electron chi connectivity index (χ4n) is 4.35. The maximum atomic E-state index is 13.0. The van der Waals surface area contributed by atoms with Gasteiger partial charge in [0.05, 0.1) is 21.3 Å². The molecule has 2 aliphatic rings. The predicted molar refractivity (Wildman–Crippen MR) is 119 cm³/mol. The van der Waals surface area contributed by atoms with E-state index in [0.29, 0.717) is 55.3 Å². The van der Waals surface area contributed by atoms with Crippen LogP contribution in [0.1, 0.15) is 55.3 Å². The quantitative estimate of drug-likeness (QED) is 0.638. The smallest absolute Gasteiger partial charge is 0.254 e. The van der Waals surface area contributed by atoms with Crippen LogP contribution in [0.15, 0.2) is 23.8 Å². The summed E-state index contributed by atoms with van der Waals surface area (Å²) in [5.74, 6) is 1.34. The third kappa shape index (κ3) is 5.71. The number of amides is 2. The van der Waals surface area contributed by atoms with Crippen LogP contribution in [0.5, 0.6) is 17.2 Å². The first-order valence-electron chi connectivity index (χ1n) is 11.1. The zero-order chi connectivity index (χ0) is 22.2. The van der Waals surface area contributed by atoms with E-state index >= 15 is 0 Å². The Balaban J connectivity index is 1.52. The van der Waals surface area contributed by atoms with Crippen LogP contribution in [0, 0.1) is 5.92 Å². The number of carbonyl (C=O) groups excluding carboxylic acids is 2. The lowest BCUT2D eigenvalue weighted by Gasteiger charge is -2.31. The molecule has 1 aliphatic carbocycles. The molecule has 0 aromatic heterocycles. The number of nitrogens with zero attached hydrogens (tertiary/aromatic N) is 1. The summed E-state index contributed by atoms with van der Waals surface area (Å²) < 4.78 is 16.0. The first-order chi connectivity index (χ1) is 15.1. The number of carbonyl (C=O) groups is 2. The van der Waals surface area contributed by atoms with E-state index < -0.39 is 0 Å². The highest BCUT2D eigenvalue weighted by Gasteiger charge is 2.29. The largest absolute Gasteiger partial charge is 0.493 e. The number of rotatable bonds is 8. The Bertz CT molecular complexity index is 787. The van der Waals surface area contributed by atoms with Crippen molar-refractivity contribution in [1.29, 1.82) is 0 Å². The molecule has 1 saturated heterocycles. The van der Waals surface area contributed by atoms with Gasteiger partial charge in [-0.2, -0.15) is 0 Å². The summed E-state index contributed by atoms with van der Waals surface area (Å²) in [7, 11) is 4.59. The number of ether oxygens (including phenoxy) is 3. The predicted octanol–water partition coefficient (Wildman–Crippen LogP) is 3.57. The van der Waals surface area contributed by atoms with Crippen LogP contribution in [-0.2, 0) is 4.79 Å². The molecule has 0 atom stereocenters. The lowest BCUT2D eigenvalue weighted by Crippen LogP contribution is -2.43. The van der Waals surface area contributed by atoms with E-state index in [2.05, 4.69) is 11.4 Å². The summed E-state index contributed by atoms with van der Waals surface area (Å²) >= 11 is 0. The topological polar surface area (TPSA) is 77.1 Å². The summed E-state index contributed by atoms with van der Waals surface area (Å²) in [4.78, 5) is 27.4. The molecule has 1 aliphatic heterocycles. The second-order valence-corrected chi connectivity index (χ2v) is 8.13. The standard InChI is InChI=1S/C24H34N2O5/c1-29-20-15-19(16-21(30-2)22(20)31-3)24(28)26-13-10-18(11-14-26)23(27)25-12-9-17-7-5-4-6-8-17/h7,15-16,18H,4-6,8-14H2,1-3H3,(H,25,27). The molecule has 1 heterocycles. The third-order valence-corrected chi connectivity index (χ3v) is 6.20. The average molecular weight is 431 g/mol. The second-order valence-electron chi connectivity index (χ2n) is 8.13. The molecule has 170 valence electrons. The third-order valence-electron chi connectivity index (χ3n) is 6.20. The summed E-state index contributed by atoms with van der Waals surface area (Å²) in [5, 5.41) is 3.09. The highest BCUT2D eigenvalue weighted by atomic mass is 16.5. The highest BCUT2D eigenvalue weighted by Crippen LogP contribution is 2.38. The van der Waals surface area contributed by atoms with E-state index in [9.17, 15) is 9.59 Å². The van der Waals surface area contributed by atoms with E-state index in [1.807, 2.05) is 0 Å². The molecule has 2 amide bonds. The molecule has 7 heteroatoms. The number of likely N-dealkylation sites (tertiary alicyclic amines) is 1. The van der Waals surface area contributed by atoms with E-state index in [4.69, 9.17) is 14.2 Å². The fourth-order valence-corrected chi connectivity index (χ4v) is 4.35. The molecule has 7 nitrogen and oxygen atoms in total. The van der Waals surface area contributed by atoms with Crippen LogP contribution in [0.4, 0.5) is 0 Å². The molecular formula is C24H34N2O5. The van der Waals surface area contributed by atoms with Gasteiger partial charge in [-0.15, -0.1) is 0 Å². The van der Waals surface area contributed by atoms with Crippen molar-refractivity contribution >= 4 is 11.8 Å². The van der Waals surface area contributed by atoms with Crippen molar-refractivity contribution in [3.05, 3.63) is 29.3 Å². The number of nitrogens with one attached hydrogen (secondary N) is 1. The van der Waals surface area contributed by atoms with Crippen molar-refractivity contribution in [3.8, 4) is 17.2 Å². The monoisotopic (exact) mass is 430 g/mol. The molecule has 3 rings (SSSR count). The SMILES string of the molecule is COc1cc(C(=O)N2CCC(C(=O)NCCC3=CCCCC3)CC2)cc(OC)c1OC. The Hall–Kier alpha value is -2.70. The first-order valence-corrected chi connectivity index (χ1v) is 11.1. The van der Waals surface area contributed by atoms with Crippen molar-refractivity contribution in [3.63, 3.8) is 0 Å². The van der Waals surface area contributed by atoms with Gasteiger partial charge in [-0.05, 0) is 57.1 Å². The van der Waals surface area contributed by atoms with Crippen LogP contribution >= 0.6 is 0 Å². The Morgan fingerprint density at radius 3 is 2.26 bits per heavy atom. The fraction of sp³-hybridized carbons (Fsp3) is 0.583. The maximum Gasteiger partial charge on any atom is 0.254 e. The van der Waals surface area contributed by atoms with Crippen molar-refractivity contribution < 1.29 is 23.8 Å². The molecule has 0 spiro atoms. The van der Waals surface area contributed by atoms with Gasteiger partial charge in [-0.3, -0.25) is 9.59 Å². The van der Waals surface area contributed by atoms with Crippen LogP contribution < -0.4 is 19.5 Å². The van der Waals surface area contributed by atoms with Crippen LogP contribution in [0.25, 0.3) is 0 Å². The molecule has 1 aromatic rings. The van der Waals surface area contributed by atoms with Gasteiger partial charge in [0.2, 0.25) is 11.7 Å². The Labute approximate surface area is 184 Å².